The predicted molar refractivity (Wildman–Crippen MR) is 118 cm³/mol. The number of nitrogens with two attached hydrogens (primary N) is 2. The topological polar surface area (TPSA) is 82.0 Å². The summed E-state index contributed by atoms with van der Waals surface area (Å²) in [6, 6.07) is 4.24. The number of primary amides is 1. The predicted octanol–water partition coefficient (Wildman–Crippen LogP) is 5.71. The molecule has 0 aromatic carbocycles. The third-order valence-corrected chi connectivity index (χ3v) is 8.51. The maximum atomic E-state index is 11.9. The molecule has 3 heterocycles. The lowest BCUT2D eigenvalue weighted by atomic mass is 9.71. The van der Waals surface area contributed by atoms with Gasteiger partial charge >= 0.3 is 0 Å². The summed E-state index contributed by atoms with van der Waals surface area (Å²) in [7, 11) is 0. The maximum Gasteiger partial charge on any atom is 0.260 e. The molecule has 4 nitrogen and oxygen atoms in total. The third kappa shape index (κ3) is 2.85. The van der Waals surface area contributed by atoms with Crippen molar-refractivity contribution in [1.82, 2.24) is 4.98 Å². The summed E-state index contributed by atoms with van der Waals surface area (Å²) in [5.74, 6) is 0.814. The Labute approximate surface area is 173 Å². The number of aromatic nitrogens is 1. The van der Waals surface area contributed by atoms with Crippen molar-refractivity contribution in [2.45, 2.75) is 57.3 Å². The van der Waals surface area contributed by atoms with Gasteiger partial charge in [-0.15, -0.1) is 22.7 Å². The Hall–Kier alpha value is -1.92. The minimum absolute atomic E-state index is 0.442. The van der Waals surface area contributed by atoms with Crippen LogP contribution < -0.4 is 11.5 Å². The van der Waals surface area contributed by atoms with E-state index >= 15 is 0 Å². The maximum absolute atomic E-state index is 11.9. The molecular formula is C22H25N3OS2. The highest BCUT2D eigenvalue weighted by Gasteiger charge is 2.34. The van der Waals surface area contributed by atoms with Crippen LogP contribution in [0.1, 0.15) is 71.8 Å². The number of fused-ring (bicyclic) bond motifs is 2. The fourth-order valence-corrected chi connectivity index (χ4v) is 7.04. The summed E-state index contributed by atoms with van der Waals surface area (Å²) in [4.78, 5) is 19.6. The first kappa shape index (κ1) is 18.1. The fraction of sp³-hybridized carbons (Fsp3) is 0.455. The zero-order valence-corrected chi connectivity index (χ0v) is 17.5. The summed E-state index contributed by atoms with van der Waals surface area (Å²) in [6.07, 6.45) is 10.1. The molecule has 0 spiro atoms. The number of carbonyl (C=O) groups excluding carboxylic acids is 1. The average molecular weight is 412 g/mol. The molecule has 28 heavy (non-hydrogen) atoms. The molecule has 0 bridgehead atoms. The first-order valence-corrected chi connectivity index (χ1v) is 11.9. The van der Waals surface area contributed by atoms with Crippen LogP contribution in [0.3, 0.4) is 0 Å². The van der Waals surface area contributed by atoms with E-state index < -0.39 is 5.91 Å². The highest BCUT2D eigenvalue weighted by Crippen LogP contribution is 2.49. The molecule has 3 aromatic heterocycles. The average Bonchev–Trinajstić information content (AvgIpc) is 3.35. The van der Waals surface area contributed by atoms with Gasteiger partial charge in [-0.3, -0.25) is 4.79 Å². The van der Waals surface area contributed by atoms with E-state index in [1.807, 2.05) is 0 Å². The molecule has 0 radical (unpaired) electrons. The number of hydrogen-bond donors (Lipinski definition) is 2. The first-order valence-electron chi connectivity index (χ1n) is 10.2. The molecular weight excluding hydrogens is 386 g/mol. The number of hydrogen-bond acceptors (Lipinski definition) is 5. The molecule has 3 aromatic rings. The van der Waals surface area contributed by atoms with Crippen LogP contribution in [0.5, 0.6) is 0 Å². The molecule has 5 rings (SSSR count). The standard InChI is InChI=1S/C22H25N3OS2/c23-18-17-16(15-10-5-11-27-15)14-9-4-8-13(12-6-2-1-3-7-12)19(14)25-22(17)28-20(18)21(24)26/h5,10-13H,1-4,6-9,23H2,(H2,24,26). The monoisotopic (exact) mass is 411 g/mol. The number of amides is 1. The molecule has 0 aliphatic heterocycles. The highest BCUT2D eigenvalue weighted by molar-refractivity contribution is 7.21. The first-order chi connectivity index (χ1) is 13.6. The minimum atomic E-state index is -0.459. The van der Waals surface area contributed by atoms with Crippen LogP contribution >= 0.6 is 22.7 Å². The van der Waals surface area contributed by atoms with E-state index in [4.69, 9.17) is 16.5 Å². The van der Waals surface area contributed by atoms with Gasteiger partial charge in [-0.25, -0.2) is 4.98 Å². The van der Waals surface area contributed by atoms with E-state index in [0.717, 1.165) is 22.6 Å². The van der Waals surface area contributed by atoms with Crippen LogP contribution in [0.25, 0.3) is 20.7 Å². The van der Waals surface area contributed by atoms with Crippen LogP contribution in [-0.2, 0) is 6.42 Å². The zero-order chi connectivity index (χ0) is 19.3. The zero-order valence-electron chi connectivity index (χ0n) is 15.9. The largest absolute Gasteiger partial charge is 0.397 e. The van der Waals surface area contributed by atoms with Gasteiger partial charge in [-0.1, -0.05) is 25.3 Å². The minimum Gasteiger partial charge on any atom is -0.397 e. The quantitative estimate of drug-likeness (QED) is 0.579. The molecule has 1 saturated carbocycles. The van der Waals surface area contributed by atoms with Crippen molar-refractivity contribution < 1.29 is 4.79 Å². The summed E-state index contributed by atoms with van der Waals surface area (Å²) in [6.45, 7) is 0. The smallest absolute Gasteiger partial charge is 0.260 e. The molecule has 4 N–H and O–H groups in total. The normalized spacial score (nSPS) is 20.4. The van der Waals surface area contributed by atoms with Gasteiger partial charge in [0.25, 0.3) is 5.91 Å². The Morgan fingerprint density at radius 3 is 2.68 bits per heavy atom. The lowest BCUT2D eigenvalue weighted by molar-refractivity contribution is 0.100. The van der Waals surface area contributed by atoms with Crippen molar-refractivity contribution in [3.63, 3.8) is 0 Å². The van der Waals surface area contributed by atoms with Gasteiger partial charge in [0, 0.05) is 27.4 Å². The van der Waals surface area contributed by atoms with Gasteiger partial charge in [0.15, 0.2) is 0 Å². The van der Waals surface area contributed by atoms with Crippen LogP contribution in [0, 0.1) is 5.92 Å². The Balaban J connectivity index is 1.77. The SMILES string of the molecule is NC(=O)c1sc2nc3c(c(-c4cccs4)c2c1N)CCCC3C1CCCCC1. The Morgan fingerprint density at radius 1 is 1.14 bits per heavy atom. The van der Waals surface area contributed by atoms with Crippen molar-refractivity contribution in [3.8, 4) is 10.4 Å². The van der Waals surface area contributed by atoms with Gasteiger partial charge in [0.2, 0.25) is 0 Å². The second-order valence-corrected chi connectivity index (χ2v) is 10.1. The van der Waals surface area contributed by atoms with Gasteiger partial charge < -0.3 is 11.5 Å². The molecule has 0 saturated heterocycles. The van der Waals surface area contributed by atoms with Gasteiger partial charge in [0.1, 0.15) is 9.71 Å². The van der Waals surface area contributed by atoms with Crippen molar-refractivity contribution >= 4 is 44.5 Å². The lowest BCUT2D eigenvalue weighted by Crippen LogP contribution is -2.22. The number of rotatable bonds is 3. The third-order valence-electron chi connectivity index (χ3n) is 6.51. The molecule has 1 unspecified atom stereocenters. The molecule has 1 fully saturated rings. The van der Waals surface area contributed by atoms with E-state index in [-0.39, 0.29) is 0 Å². The Morgan fingerprint density at radius 2 is 1.96 bits per heavy atom. The van der Waals surface area contributed by atoms with Crippen LogP contribution in [0.4, 0.5) is 5.69 Å². The number of pyridine rings is 1. The van der Waals surface area contributed by atoms with E-state index in [1.165, 1.54) is 78.0 Å². The van der Waals surface area contributed by atoms with E-state index in [9.17, 15) is 4.79 Å². The Kier molecular flexibility index (Phi) is 4.63. The second-order valence-electron chi connectivity index (χ2n) is 8.11. The second kappa shape index (κ2) is 7.16. The van der Waals surface area contributed by atoms with Crippen molar-refractivity contribution in [3.05, 3.63) is 33.6 Å². The summed E-state index contributed by atoms with van der Waals surface area (Å²) < 4.78 is 0. The van der Waals surface area contributed by atoms with E-state index in [2.05, 4.69) is 17.5 Å². The van der Waals surface area contributed by atoms with Gasteiger partial charge in [0.05, 0.1) is 5.69 Å². The van der Waals surface area contributed by atoms with Crippen molar-refractivity contribution in [2.75, 3.05) is 5.73 Å². The number of thiophene rings is 2. The molecule has 2 aliphatic rings. The van der Waals surface area contributed by atoms with Gasteiger partial charge in [-0.05, 0) is 55.0 Å². The van der Waals surface area contributed by atoms with Crippen LogP contribution in [-0.4, -0.2) is 10.9 Å². The number of carbonyl (C=O) groups is 1. The summed E-state index contributed by atoms with van der Waals surface area (Å²) in [5, 5.41) is 3.04. The van der Waals surface area contributed by atoms with E-state index in [0.29, 0.717) is 16.5 Å². The molecule has 6 heteroatoms. The highest BCUT2D eigenvalue weighted by atomic mass is 32.1. The number of anilines is 1. The number of nitrogen functional groups attached to an aromatic ring is 1. The fourth-order valence-electron chi connectivity index (χ4n) is 5.27. The van der Waals surface area contributed by atoms with Crippen molar-refractivity contribution in [2.24, 2.45) is 11.7 Å². The van der Waals surface area contributed by atoms with Crippen LogP contribution in [0.2, 0.25) is 0 Å². The van der Waals surface area contributed by atoms with E-state index in [1.54, 1.807) is 11.3 Å². The molecule has 146 valence electrons. The number of nitrogens with zero attached hydrogens (tertiary/aromatic N) is 1. The molecule has 1 amide bonds. The summed E-state index contributed by atoms with van der Waals surface area (Å²) >= 11 is 3.09. The van der Waals surface area contributed by atoms with Crippen molar-refractivity contribution in [1.29, 1.82) is 0 Å². The van der Waals surface area contributed by atoms with Gasteiger partial charge in [-0.2, -0.15) is 0 Å². The molecule has 1 atom stereocenters. The molecule has 2 aliphatic carbocycles. The van der Waals surface area contributed by atoms with Crippen LogP contribution in [0.15, 0.2) is 17.5 Å². The Bertz CT molecular complexity index is 1030. The lowest BCUT2D eigenvalue weighted by Gasteiger charge is -2.34. The summed E-state index contributed by atoms with van der Waals surface area (Å²) in [5.41, 5.74) is 16.4.